The third kappa shape index (κ3) is 2.21. The van der Waals surface area contributed by atoms with Gasteiger partial charge in [-0.2, -0.15) is 0 Å². The predicted octanol–water partition coefficient (Wildman–Crippen LogP) is 2.70. The molecule has 0 heterocycles. The predicted molar refractivity (Wildman–Crippen MR) is 46.8 cm³/mol. The van der Waals surface area contributed by atoms with Gasteiger partial charge in [-0.05, 0) is 37.1 Å². The second kappa shape index (κ2) is 3.24. The molecule has 0 spiro atoms. The molecule has 1 rings (SSSR count). The lowest BCUT2D eigenvalue weighted by Gasteiger charge is -2.05. The second-order valence-corrected chi connectivity index (χ2v) is 3.17. The van der Waals surface area contributed by atoms with Crippen LogP contribution in [0.25, 0.3) is 0 Å². The smallest absolute Gasteiger partial charge is 0.0762 e. The third-order valence-electron chi connectivity index (χ3n) is 1.55. The van der Waals surface area contributed by atoms with Crippen molar-refractivity contribution in [3.63, 3.8) is 0 Å². The van der Waals surface area contributed by atoms with Gasteiger partial charge in [0.05, 0.1) is 6.10 Å². The number of rotatable bonds is 1. The fourth-order valence-electron chi connectivity index (χ4n) is 1.01. The van der Waals surface area contributed by atoms with Crippen molar-refractivity contribution in [2.75, 3.05) is 0 Å². The first-order valence-corrected chi connectivity index (χ1v) is 3.92. The Morgan fingerprint density at radius 2 is 2.00 bits per heavy atom. The van der Waals surface area contributed by atoms with Crippen molar-refractivity contribution in [1.29, 1.82) is 0 Å². The summed E-state index contributed by atoms with van der Waals surface area (Å²) in [4.78, 5) is 0. The van der Waals surface area contributed by atoms with Gasteiger partial charge in [0, 0.05) is 5.02 Å². The molecule has 0 unspecified atom stereocenters. The first-order chi connectivity index (χ1) is 5.09. The molecule has 11 heavy (non-hydrogen) atoms. The van der Waals surface area contributed by atoms with E-state index < -0.39 is 6.10 Å². The lowest BCUT2D eigenvalue weighted by molar-refractivity contribution is 0.199. The van der Waals surface area contributed by atoms with Gasteiger partial charge in [0.1, 0.15) is 0 Å². The number of aliphatic hydroxyl groups excluding tert-OH is 1. The van der Waals surface area contributed by atoms with Crippen LogP contribution < -0.4 is 0 Å². The number of benzene rings is 1. The molecule has 1 nitrogen and oxygen atoms in total. The molecule has 1 aromatic rings. The summed E-state index contributed by atoms with van der Waals surface area (Å²) in [5.41, 5.74) is 1.95. The number of hydrogen-bond donors (Lipinski definition) is 1. The molecular weight excluding hydrogens is 160 g/mol. The third-order valence-corrected chi connectivity index (χ3v) is 1.77. The van der Waals surface area contributed by atoms with Crippen LogP contribution in [0.4, 0.5) is 0 Å². The summed E-state index contributed by atoms with van der Waals surface area (Å²) >= 11 is 5.78. The molecule has 0 aromatic heterocycles. The van der Waals surface area contributed by atoms with Gasteiger partial charge in [-0.15, -0.1) is 0 Å². The molecule has 0 saturated carbocycles. The zero-order valence-electron chi connectivity index (χ0n) is 6.63. The highest BCUT2D eigenvalue weighted by Gasteiger charge is 2.01. The van der Waals surface area contributed by atoms with Gasteiger partial charge in [0.2, 0.25) is 0 Å². The van der Waals surface area contributed by atoms with E-state index in [9.17, 15) is 5.11 Å². The second-order valence-electron chi connectivity index (χ2n) is 2.74. The number of halogens is 1. The van der Waals surface area contributed by atoms with E-state index in [4.69, 9.17) is 11.6 Å². The molecule has 0 aliphatic rings. The molecule has 0 aliphatic carbocycles. The first kappa shape index (κ1) is 8.57. The molecule has 0 bridgehead atoms. The summed E-state index contributed by atoms with van der Waals surface area (Å²) in [6, 6.07) is 5.57. The van der Waals surface area contributed by atoms with Crippen LogP contribution >= 0.6 is 11.6 Å². The maximum absolute atomic E-state index is 9.21. The molecule has 0 radical (unpaired) electrons. The van der Waals surface area contributed by atoms with Crippen LogP contribution in [0.3, 0.4) is 0 Å². The van der Waals surface area contributed by atoms with Crippen LogP contribution in [-0.2, 0) is 0 Å². The standard InChI is InChI=1S/C9H11ClO/c1-6-3-8(7(2)11)5-9(10)4-6/h3-5,7,11H,1-2H3/t7-/m1/s1. The lowest BCUT2D eigenvalue weighted by atomic mass is 10.1. The van der Waals surface area contributed by atoms with Gasteiger partial charge in [-0.25, -0.2) is 0 Å². The average molecular weight is 171 g/mol. The zero-order valence-corrected chi connectivity index (χ0v) is 7.39. The molecule has 0 fully saturated rings. The monoisotopic (exact) mass is 170 g/mol. The van der Waals surface area contributed by atoms with Crippen LogP contribution in [0.1, 0.15) is 24.2 Å². The lowest BCUT2D eigenvalue weighted by Crippen LogP contribution is -1.91. The highest BCUT2D eigenvalue weighted by molar-refractivity contribution is 6.30. The maximum Gasteiger partial charge on any atom is 0.0762 e. The Morgan fingerprint density at radius 3 is 2.45 bits per heavy atom. The molecular formula is C9H11ClO. The Kier molecular flexibility index (Phi) is 2.53. The van der Waals surface area contributed by atoms with Crippen molar-refractivity contribution in [3.8, 4) is 0 Å². The highest BCUT2D eigenvalue weighted by Crippen LogP contribution is 2.19. The van der Waals surface area contributed by atoms with Crippen molar-refractivity contribution in [1.82, 2.24) is 0 Å². The van der Waals surface area contributed by atoms with Crippen LogP contribution in [-0.4, -0.2) is 5.11 Å². The largest absolute Gasteiger partial charge is 0.389 e. The first-order valence-electron chi connectivity index (χ1n) is 3.55. The van der Waals surface area contributed by atoms with E-state index in [1.54, 1.807) is 13.0 Å². The van der Waals surface area contributed by atoms with Crippen LogP contribution in [0, 0.1) is 6.92 Å². The Bertz CT molecular complexity index is 235. The van der Waals surface area contributed by atoms with Crippen molar-refractivity contribution in [2.24, 2.45) is 0 Å². The molecule has 1 aromatic carbocycles. The van der Waals surface area contributed by atoms with Gasteiger partial charge in [0.15, 0.2) is 0 Å². The van der Waals surface area contributed by atoms with E-state index in [0.29, 0.717) is 5.02 Å². The van der Waals surface area contributed by atoms with E-state index in [1.807, 2.05) is 19.1 Å². The Balaban J connectivity index is 3.08. The van der Waals surface area contributed by atoms with Gasteiger partial charge in [-0.1, -0.05) is 17.7 Å². The Labute approximate surface area is 71.6 Å². The molecule has 0 saturated heterocycles. The minimum Gasteiger partial charge on any atom is -0.389 e. The maximum atomic E-state index is 9.21. The minimum atomic E-state index is -0.438. The van der Waals surface area contributed by atoms with E-state index >= 15 is 0 Å². The van der Waals surface area contributed by atoms with Crippen molar-refractivity contribution in [3.05, 3.63) is 34.3 Å². The topological polar surface area (TPSA) is 20.2 Å². The van der Waals surface area contributed by atoms with E-state index in [0.717, 1.165) is 11.1 Å². The Morgan fingerprint density at radius 1 is 1.36 bits per heavy atom. The summed E-state index contributed by atoms with van der Waals surface area (Å²) in [5.74, 6) is 0. The van der Waals surface area contributed by atoms with Crippen LogP contribution in [0.15, 0.2) is 18.2 Å². The Hall–Kier alpha value is -0.530. The van der Waals surface area contributed by atoms with Crippen LogP contribution in [0.5, 0.6) is 0 Å². The summed E-state index contributed by atoms with van der Waals surface area (Å²) in [6.45, 7) is 3.68. The molecule has 1 atom stereocenters. The quantitative estimate of drug-likeness (QED) is 0.687. The molecule has 0 amide bonds. The fourth-order valence-corrected chi connectivity index (χ4v) is 1.30. The fraction of sp³-hybridized carbons (Fsp3) is 0.333. The molecule has 2 heteroatoms. The average Bonchev–Trinajstić information content (AvgIpc) is 1.85. The van der Waals surface area contributed by atoms with Gasteiger partial charge >= 0.3 is 0 Å². The minimum absolute atomic E-state index is 0.438. The number of hydrogen-bond acceptors (Lipinski definition) is 1. The van der Waals surface area contributed by atoms with Crippen molar-refractivity contribution in [2.45, 2.75) is 20.0 Å². The van der Waals surface area contributed by atoms with Crippen molar-refractivity contribution < 1.29 is 5.11 Å². The normalized spacial score (nSPS) is 13.1. The van der Waals surface area contributed by atoms with Gasteiger partial charge in [-0.3, -0.25) is 0 Å². The highest BCUT2D eigenvalue weighted by atomic mass is 35.5. The number of aryl methyl sites for hydroxylation is 1. The van der Waals surface area contributed by atoms with Crippen molar-refractivity contribution >= 4 is 11.6 Å². The summed E-state index contributed by atoms with van der Waals surface area (Å²) in [6.07, 6.45) is -0.438. The van der Waals surface area contributed by atoms with Crippen LogP contribution in [0.2, 0.25) is 5.02 Å². The summed E-state index contributed by atoms with van der Waals surface area (Å²) < 4.78 is 0. The van der Waals surface area contributed by atoms with E-state index in [2.05, 4.69) is 0 Å². The molecule has 60 valence electrons. The van der Waals surface area contributed by atoms with E-state index in [-0.39, 0.29) is 0 Å². The zero-order chi connectivity index (χ0) is 8.43. The van der Waals surface area contributed by atoms with Gasteiger partial charge in [0.25, 0.3) is 0 Å². The molecule has 0 aliphatic heterocycles. The summed E-state index contributed by atoms with van der Waals surface area (Å²) in [5, 5.41) is 9.90. The SMILES string of the molecule is Cc1cc(Cl)cc([C@@H](C)O)c1. The van der Waals surface area contributed by atoms with Gasteiger partial charge < -0.3 is 5.11 Å². The van der Waals surface area contributed by atoms with E-state index in [1.165, 1.54) is 0 Å². The summed E-state index contributed by atoms with van der Waals surface area (Å²) in [7, 11) is 0. The number of aliphatic hydroxyl groups is 1. The molecule has 1 N–H and O–H groups in total.